The third kappa shape index (κ3) is 2.46. The van der Waals surface area contributed by atoms with E-state index >= 15 is 0 Å². The molecule has 1 aromatic rings. The number of rotatable bonds is 1. The average Bonchev–Trinajstić information content (AvgIpc) is 2.15. The molecule has 0 aliphatic heterocycles. The second-order valence-electron chi connectivity index (χ2n) is 2.81. The lowest BCUT2D eigenvalue weighted by atomic mass is 10.1. The van der Waals surface area contributed by atoms with Gasteiger partial charge in [-0.05, 0) is 30.5 Å². The Hall–Kier alpha value is -2.08. The predicted molar refractivity (Wildman–Crippen MR) is 52.6 cm³/mol. The van der Waals surface area contributed by atoms with Gasteiger partial charge in [-0.25, -0.2) is 0 Å². The Morgan fingerprint density at radius 3 is 2.71 bits per heavy atom. The van der Waals surface area contributed by atoms with Gasteiger partial charge in [0, 0.05) is 11.1 Å². The second kappa shape index (κ2) is 4.24. The first-order chi connectivity index (χ1) is 6.63. The molecule has 3 nitrogen and oxygen atoms in total. The van der Waals surface area contributed by atoms with E-state index in [0.29, 0.717) is 11.1 Å². The van der Waals surface area contributed by atoms with Crippen LogP contribution >= 0.6 is 0 Å². The van der Waals surface area contributed by atoms with Crippen molar-refractivity contribution in [1.82, 2.24) is 0 Å². The molecule has 2 N–H and O–H groups in total. The molecule has 0 saturated heterocycles. The molecule has 0 heterocycles. The minimum atomic E-state index is -0.663. The number of amides is 1. The van der Waals surface area contributed by atoms with Crippen LogP contribution in [0.2, 0.25) is 0 Å². The maximum absolute atomic E-state index is 10.4. The number of carbonyl (C=O) groups excluding carboxylic acids is 2. The lowest BCUT2D eigenvalue weighted by molar-refractivity contribution is -0.112. The molecule has 0 aliphatic rings. The molecule has 0 unspecified atom stereocenters. The number of hydrogen-bond acceptors (Lipinski definition) is 2. The van der Waals surface area contributed by atoms with Gasteiger partial charge in [0.1, 0.15) is 6.29 Å². The van der Waals surface area contributed by atoms with Crippen LogP contribution in [0.4, 0.5) is 0 Å². The summed E-state index contributed by atoms with van der Waals surface area (Å²) in [5, 5.41) is 0. The number of aryl methyl sites for hydroxylation is 1. The van der Waals surface area contributed by atoms with Crippen molar-refractivity contribution in [2.24, 2.45) is 5.73 Å². The van der Waals surface area contributed by atoms with Crippen molar-refractivity contribution in [2.75, 3.05) is 0 Å². The lowest BCUT2D eigenvalue weighted by Gasteiger charge is -1.97. The highest BCUT2D eigenvalue weighted by Gasteiger charge is 1.96. The van der Waals surface area contributed by atoms with Gasteiger partial charge in [0.15, 0.2) is 0 Å². The van der Waals surface area contributed by atoms with Gasteiger partial charge < -0.3 is 5.73 Å². The van der Waals surface area contributed by atoms with E-state index in [1.54, 1.807) is 18.2 Å². The summed E-state index contributed by atoms with van der Waals surface area (Å²) in [5.41, 5.74) is 7.02. The topological polar surface area (TPSA) is 60.2 Å². The summed E-state index contributed by atoms with van der Waals surface area (Å²) < 4.78 is 0. The van der Waals surface area contributed by atoms with Crippen molar-refractivity contribution < 1.29 is 9.59 Å². The number of primary amides is 1. The van der Waals surface area contributed by atoms with Gasteiger partial charge in [-0.3, -0.25) is 9.59 Å². The first-order valence-electron chi connectivity index (χ1n) is 4.01. The predicted octanol–water partition coefficient (Wildman–Crippen LogP) is 0.644. The Morgan fingerprint density at radius 1 is 1.50 bits per heavy atom. The summed E-state index contributed by atoms with van der Waals surface area (Å²) >= 11 is 0. The molecule has 0 radical (unpaired) electrons. The van der Waals surface area contributed by atoms with Crippen molar-refractivity contribution in [3.05, 3.63) is 34.9 Å². The highest BCUT2D eigenvalue weighted by atomic mass is 16.1. The molecule has 14 heavy (non-hydrogen) atoms. The van der Waals surface area contributed by atoms with E-state index in [4.69, 9.17) is 5.73 Å². The second-order valence-corrected chi connectivity index (χ2v) is 2.81. The van der Waals surface area contributed by atoms with Crippen LogP contribution in [0, 0.1) is 18.8 Å². The summed E-state index contributed by atoms with van der Waals surface area (Å²) in [5.74, 6) is 4.20. The van der Waals surface area contributed by atoms with Crippen LogP contribution in [0.3, 0.4) is 0 Å². The molecule has 0 atom stereocenters. The van der Waals surface area contributed by atoms with E-state index in [0.717, 1.165) is 11.8 Å². The van der Waals surface area contributed by atoms with E-state index < -0.39 is 5.91 Å². The van der Waals surface area contributed by atoms with Crippen molar-refractivity contribution in [2.45, 2.75) is 6.92 Å². The molecule has 70 valence electrons. The fraction of sp³-hybridized carbons (Fsp3) is 0.0909. The quantitative estimate of drug-likeness (QED) is 0.518. The van der Waals surface area contributed by atoms with Crippen LogP contribution in [0.15, 0.2) is 18.2 Å². The van der Waals surface area contributed by atoms with Gasteiger partial charge in [0.25, 0.3) is 5.91 Å². The van der Waals surface area contributed by atoms with Crippen LogP contribution in [-0.2, 0) is 4.79 Å². The van der Waals surface area contributed by atoms with E-state index in [-0.39, 0.29) is 0 Å². The Bertz CT molecular complexity index is 438. The summed E-state index contributed by atoms with van der Waals surface area (Å²) in [6.45, 7) is 1.82. The molecule has 0 aromatic heterocycles. The van der Waals surface area contributed by atoms with Gasteiger partial charge in [-0.1, -0.05) is 12.0 Å². The Morgan fingerprint density at radius 2 is 2.21 bits per heavy atom. The summed E-state index contributed by atoms with van der Waals surface area (Å²) in [6.07, 6.45) is 0.762. The number of hydrogen-bond donors (Lipinski definition) is 1. The molecular weight excluding hydrogens is 178 g/mol. The van der Waals surface area contributed by atoms with Crippen LogP contribution in [0.1, 0.15) is 21.5 Å². The summed E-state index contributed by atoms with van der Waals surface area (Å²) in [6, 6.07) is 5.04. The number of aldehydes is 1. The van der Waals surface area contributed by atoms with Crippen molar-refractivity contribution in [3.8, 4) is 11.8 Å². The maximum atomic E-state index is 10.4. The van der Waals surface area contributed by atoms with Gasteiger partial charge in [0.2, 0.25) is 0 Å². The third-order valence-electron chi connectivity index (χ3n) is 1.71. The van der Waals surface area contributed by atoms with Crippen LogP contribution in [0.25, 0.3) is 0 Å². The smallest absolute Gasteiger partial charge is 0.293 e. The summed E-state index contributed by atoms with van der Waals surface area (Å²) in [7, 11) is 0. The minimum Gasteiger partial charge on any atom is -0.359 e. The molecule has 1 amide bonds. The Kier molecular flexibility index (Phi) is 3.03. The third-order valence-corrected chi connectivity index (χ3v) is 1.71. The normalized spacial score (nSPS) is 8.64. The number of carbonyl (C=O) groups is 2. The highest BCUT2D eigenvalue weighted by molar-refractivity contribution is 5.92. The van der Waals surface area contributed by atoms with Crippen molar-refractivity contribution >= 4 is 12.2 Å². The fourth-order valence-electron chi connectivity index (χ4n) is 1.03. The SMILES string of the molecule is Cc1cc(C=O)ccc1C#CC(N)=O. The molecule has 1 rings (SSSR count). The lowest BCUT2D eigenvalue weighted by Crippen LogP contribution is -2.06. The molecule has 0 bridgehead atoms. The molecule has 0 aliphatic carbocycles. The van der Waals surface area contributed by atoms with E-state index in [1.807, 2.05) is 6.92 Å². The van der Waals surface area contributed by atoms with Crippen LogP contribution in [0.5, 0.6) is 0 Å². The van der Waals surface area contributed by atoms with Crippen molar-refractivity contribution in [1.29, 1.82) is 0 Å². The highest BCUT2D eigenvalue weighted by Crippen LogP contribution is 2.08. The standard InChI is InChI=1S/C11H9NO2/c1-8-6-9(7-13)2-3-10(8)4-5-11(12)14/h2-3,6-7H,1H3,(H2,12,14). The first kappa shape index (κ1) is 10.0. The number of nitrogens with two attached hydrogens (primary N) is 1. The molecule has 0 saturated carbocycles. The molecule has 0 spiro atoms. The molecule has 3 heteroatoms. The largest absolute Gasteiger partial charge is 0.359 e. The fourth-order valence-corrected chi connectivity index (χ4v) is 1.03. The van der Waals surface area contributed by atoms with E-state index in [2.05, 4.69) is 11.8 Å². The summed E-state index contributed by atoms with van der Waals surface area (Å²) in [4.78, 5) is 20.8. The molecule has 1 aromatic carbocycles. The van der Waals surface area contributed by atoms with Gasteiger partial charge in [-0.2, -0.15) is 0 Å². The first-order valence-corrected chi connectivity index (χ1v) is 4.01. The molecular formula is C11H9NO2. The zero-order valence-electron chi connectivity index (χ0n) is 7.70. The van der Waals surface area contributed by atoms with Crippen LogP contribution in [-0.4, -0.2) is 12.2 Å². The van der Waals surface area contributed by atoms with E-state index in [9.17, 15) is 9.59 Å². The minimum absolute atomic E-state index is 0.590. The zero-order valence-corrected chi connectivity index (χ0v) is 7.70. The maximum Gasteiger partial charge on any atom is 0.293 e. The van der Waals surface area contributed by atoms with Gasteiger partial charge in [0.05, 0.1) is 0 Å². The van der Waals surface area contributed by atoms with E-state index in [1.165, 1.54) is 0 Å². The zero-order chi connectivity index (χ0) is 10.6. The van der Waals surface area contributed by atoms with Gasteiger partial charge >= 0.3 is 0 Å². The average molecular weight is 187 g/mol. The molecule has 0 fully saturated rings. The van der Waals surface area contributed by atoms with Crippen molar-refractivity contribution in [3.63, 3.8) is 0 Å². The Labute approximate surface area is 81.9 Å². The monoisotopic (exact) mass is 187 g/mol. The van der Waals surface area contributed by atoms with Gasteiger partial charge in [-0.15, -0.1) is 0 Å². The van der Waals surface area contributed by atoms with Crippen LogP contribution < -0.4 is 5.73 Å². The number of benzene rings is 1. The Balaban J connectivity index is 3.08.